The highest BCUT2D eigenvalue weighted by molar-refractivity contribution is 5.89. The summed E-state index contributed by atoms with van der Waals surface area (Å²) < 4.78 is 5.99. The van der Waals surface area contributed by atoms with Crippen molar-refractivity contribution >= 4 is 11.9 Å². The van der Waals surface area contributed by atoms with E-state index in [4.69, 9.17) is 4.74 Å². The fourth-order valence-electron chi connectivity index (χ4n) is 4.20. The van der Waals surface area contributed by atoms with E-state index in [2.05, 4.69) is 6.92 Å². The maximum atomic E-state index is 13.4. The van der Waals surface area contributed by atoms with Crippen molar-refractivity contribution in [1.29, 1.82) is 0 Å². The van der Waals surface area contributed by atoms with E-state index in [9.17, 15) is 14.7 Å². The van der Waals surface area contributed by atoms with Crippen molar-refractivity contribution in [3.63, 3.8) is 0 Å². The molecule has 1 aliphatic carbocycles. The van der Waals surface area contributed by atoms with E-state index in [1.165, 1.54) is 0 Å². The molecule has 5 nitrogen and oxygen atoms in total. The molecule has 1 heterocycles. The monoisotopic (exact) mass is 345 g/mol. The van der Waals surface area contributed by atoms with E-state index in [1.807, 2.05) is 37.3 Å². The molecule has 1 aromatic rings. The highest BCUT2D eigenvalue weighted by Crippen LogP contribution is 2.44. The molecule has 0 radical (unpaired) electrons. The van der Waals surface area contributed by atoms with Crippen molar-refractivity contribution in [1.82, 2.24) is 4.90 Å². The van der Waals surface area contributed by atoms with E-state index in [0.717, 1.165) is 31.2 Å². The Morgan fingerprint density at radius 3 is 2.48 bits per heavy atom. The number of carboxylic acid groups (broad SMARTS) is 1. The zero-order chi connectivity index (χ0) is 18.0. The Hall–Kier alpha value is -1.88. The molecular formula is C20H27NO4. The van der Waals surface area contributed by atoms with E-state index < -0.39 is 17.7 Å². The Kier molecular flexibility index (Phi) is 5.13. The lowest BCUT2D eigenvalue weighted by atomic mass is 9.82. The third-order valence-electron chi connectivity index (χ3n) is 5.75. The molecule has 1 aliphatic heterocycles. The van der Waals surface area contributed by atoms with Crippen LogP contribution in [0, 0.1) is 5.92 Å². The number of benzene rings is 1. The summed E-state index contributed by atoms with van der Waals surface area (Å²) in [5.74, 6) is -0.841. The number of aliphatic carboxylic acids is 1. The van der Waals surface area contributed by atoms with Gasteiger partial charge in [-0.3, -0.25) is 9.69 Å². The lowest BCUT2D eigenvalue weighted by Gasteiger charge is -2.43. The normalized spacial score (nSPS) is 30.4. The van der Waals surface area contributed by atoms with Gasteiger partial charge in [-0.25, -0.2) is 4.79 Å². The Balaban J connectivity index is 1.93. The van der Waals surface area contributed by atoms with Gasteiger partial charge in [0.1, 0.15) is 5.72 Å². The van der Waals surface area contributed by atoms with Crippen molar-refractivity contribution in [3.05, 3.63) is 35.9 Å². The van der Waals surface area contributed by atoms with E-state index >= 15 is 0 Å². The second-order valence-electron chi connectivity index (χ2n) is 7.37. The minimum atomic E-state index is -0.980. The Morgan fingerprint density at radius 1 is 1.28 bits per heavy atom. The molecule has 1 aromatic carbocycles. The molecule has 0 aromatic heterocycles. The van der Waals surface area contributed by atoms with Gasteiger partial charge in [-0.05, 0) is 43.6 Å². The van der Waals surface area contributed by atoms with Crippen LogP contribution in [0.15, 0.2) is 30.3 Å². The summed E-state index contributed by atoms with van der Waals surface area (Å²) in [6.07, 6.45) is 3.98. The molecule has 5 heteroatoms. The zero-order valence-corrected chi connectivity index (χ0v) is 15.0. The van der Waals surface area contributed by atoms with Gasteiger partial charge < -0.3 is 9.84 Å². The molecule has 1 N–H and O–H groups in total. The van der Waals surface area contributed by atoms with Crippen LogP contribution in [-0.4, -0.2) is 40.3 Å². The van der Waals surface area contributed by atoms with Crippen LogP contribution in [0.5, 0.6) is 0 Å². The molecule has 1 saturated carbocycles. The maximum Gasteiger partial charge on any atom is 0.328 e. The van der Waals surface area contributed by atoms with Gasteiger partial charge in [-0.2, -0.15) is 0 Å². The average Bonchev–Trinajstić information content (AvgIpc) is 2.98. The summed E-state index contributed by atoms with van der Waals surface area (Å²) in [7, 11) is 0. The van der Waals surface area contributed by atoms with E-state index in [-0.39, 0.29) is 18.4 Å². The summed E-state index contributed by atoms with van der Waals surface area (Å²) in [6, 6.07) is 8.74. The largest absolute Gasteiger partial charge is 0.480 e. The molecule has 1 spiro atoms. The first-order chi connectivity index (χ1) is 12.0. The lowest BCUT2D eigenvalue weighted by molar-refractivity contribution is -0.166. The molecule has 0 bridgehead atoms. The van der Waals surface area contributed by atoms with Gasteiger partial charge in [-0.1, -0.05) is 44.2 Å². The fraction of sp³-hybridized carbons (Fsp3) is 0.600. The van der Waals surface area contributed by atoms with Crippen LogP contribution in [0.1, 0.15) is 57.4 Å². The van der Waals surface area contributed by atoms with Gasteiger partial charge in [0.05, 0.1) is 12.5 Å². The number of carbonyl (C=O) groups is 2. The number of carbonyl (C=O) groups excluding carboxylic acids is 1. The fourth-order valence-corrected chi connectivity index (χ4v) is 4.20. The van der Waals surface area contributed by atoms with Crippen LogP contribution < -0.4 is 0 Å². The van der Waals surface area contributed by atoms with Crippen LogP contribution in [0.3, 0.4) is 0 Å². The molecule has 136 valence electrons. The molecular weight excluding hydrogens is 318 g/mol. The Bertz CT molecular complexity index is 622. The first-order valence-corrected chi connectivity index (χ1v) is 9.23. The molecule has 1 amide bonds. The Morgan fingerprint density at radius 2 is 1.92 bits per heavy atom. The topological polar surface area (TPSA) is 66.8 Å². The van der Waals surface area contributed by atoms with Gasteiger partial charge in [0, 0.05) is 0 Å². The molecule has 3 rings (SSSR count). The summed E-state index contributed by atoms with van der Waals surface area (Å²) >= 11 is 0. The van der Waals surface area contributed by atoms with Crippen LogP contribution in [0.25, 0.3) is 0 Å². The molecule has 0 unspecified atom stereocenters. The Labute approximate surface area is 149 Å². The number of amides is 1. The highest BCUT2D eigenvalue weighted by atomic mass is 16.5. The minimum Gasteiger partial charge on any atom is -0.480 e. The van der Waals surface area contributed by atoms with Crippen LogP contribution in [0.4, 0.5) is 0 Å². The van der Waals surface area contributed by atoms with Crippen molar-refractivity contribution in [3.8, 4) is 0 Å². The van der Waals surface area contributed by atoms with Crippen LogP contribution in [0.2, 0.25) is 0 Å². The number of hydrogen-bond donors (Lipinski definition) is 1. The molecule has 25 heavy (non-hydrogen) atoms. The number of rotatable bonds is 4. The van der Waals surface area contributed by atoms with Gasteiger partial charge in [0.25, 0.3) is 0 Å². The van der Waals surface area contributed by atoms with Crippen LogP contribution >= 0.6 is 0 Å². The quantitative estimate of drug-likeness (QED) is 0.908. The second-order valence-corrected chi connectivity index (χ2v) is 7.37. The van der Waals surface area contributed by atoms with Crippen molar-refractivity contribution in [2.24, 2.45) is 5.92 Å². The molecule has 1 saturated heterocycles. The first-order valence-electron chi connectivity index (χ1n) is 9.23. The zero-order valence-electron chi connectivity index (χ0n) is 15.0. The number of ether oxygens (including phenoxy) is 1. The number of hydrogen-bond acceptors (Lipinski definition) is 3. The van der Waals surface area contributed by atoms with E-state index in [1.54, 1.807) is 4.90 Å². The number of nitrogens with zero attached hydrogens (tertiary/aromatic N) is 1. The number of carboxylic acids is 1. The standard InChI is InChI=1S/C20H27NO4/c1-3-16(15-7-5-4-6-8-15)18(22)21-17(19(23)24)13-25-20(21)11-9-14(2)10-12-20/h4-8,14,16-17H,3,9-13H2,1-2H3,(H,23,24)/t14?,16-,17-,20?/m0/s1. The van der Waals surface area contributed by atoms with Gasteiger partial charge in [0.15, 0.2) is 6.04 Å². The summed E-state index contributed by atoms with van der Waals surface area (Å²) in [5, 5.41) is 9.65. The maximum absolute atomic E-state index is 13.4. The summed E-state index contributed by atoms with van der Waals surface area (Å²) in [5.41, 5.74) is 0.194. The molecule has 2 fully saturated rings. The van der Waals surface area contributed by atoms with Gasteiger partial charge in [-0.15, -0.1) is 0 Å². The van der Waals surface area contributed by atoms with Crippen LogP contribution in [-0.2, 0) is 14.3 Å². The average molecular weight is 345 g/mol. The predicted octanol–water partition coefficient (Wildman–Crippen LogP) is 3.40. The third-order valence-corrected chi connectivity index (χ3v) is 5.75. The SMILES string of the molecule is CC[C@H](C(=O)N1[C@H](C(=O)O)COC12CCC(C)CC2)c1ccccc1. The lowest BCUT2D eigenvalue weighted by Crippen LogP contribution is -2.56. The van der Waals surface area contributed by atoms with Crippen molar-refractivity contribution < 1.29 is 19.4 Å². The predicted molar refractivity (Wildman–Crippen MR) is 94.1 cm³/mol. The molecule has 2 aliphatic rings. The molecule has 2 atom stereocenters. The van der Waals surface area contributed by atoms with Gasteiger partial charge in [0.2, 0.25) is 5.91 Å². The van der Waals surface area contributed by atoms with Crippen molar-refractivity contribution in [2.45, 2.75) is 63.6 Å². The first kappa shape index (κ1) is 17.9. The smallest absolute Gasteiger partial charge is 0.328 e. The second kappa shape index (κ2) is 7.16. The van der Waals surface area contributed by atoms with Gasteiger partial charge >= 0.3 is 5.97 Å². The van der Waals surface area contributed by atoms with E-state index in [0.29, 0.717) is 12.3 Å². The minimum absolute atomic E-state index is 0.0840. The summed E-state index contributed by atoms with van der Waals surface area (Å²) in [6.45, 7) is 4.25. The van der Waals surface area contributed by atoms with Crippen molar-refractivity contribution in [2.75, 3.05) is 6.61 Å². The summed E-state index contributed by atoms with van der Waals surface area (Å²) in [4.78, 5) is 26.8. The third kappa shape index (κ3) is 3.30. The highest BCUT2D eigenvalue weighted by Gasteiger charge is 2.54.